The van der Waals surface area contributed by atoms with Crippen molar-refractivity contribution in [3.8, 4) is 0 Å². The van der Waals surface area contributed by atoms with Crippen molar-refractivity contribution in [2.24, 2.45) is 0 Å². The first-order valence-corrected chi connectivity index (χ1v) is 39.6. The van der Waals surface area contributed by atoms with Crippen LogP contribution >= 0.6 is 63.7 Å². The van der Waals surface area contributed by atoms with E-state index in [1.807, 2.05) is 0 Å². The van der Waals surface area contributed by atoms with Gasteiger partial charge in [0.05, 0.1) is 0 Å². The van der Waals surface area contributed by atoms with Gasteiger partial charge >= 0.3 is 0 Å². The summed E-state index contributed by atoms with van der Waals surface area (Å²) in [5.41, 5.74) is 24.0. The van der Waals surface area contributed by atoms with E-state index in [-0.39, 0.29) is 67.9 Å². The Morgan fingerprint density at radius 2 is 0.337 bits per heavy atom. The molecule has 92 heavy (non-hydrogen) atoms. The van der Waals surface area contributed by atoms with Gasteiger partial charge < -0.3 is 67.9 Å². The van der Waals surface area contributed by atoms with Gasteiger partial charge in [-0.3, -0.25) is 0 Å². The Hall–Kier alpha value is -1.12. The van der Waals surface area contributed by atoms with Crippen molar-refractivity contribution in [3.63, 3.8) is 0 Å². The Bertz CT molecular complexity index is 2450. The topological polar surface area (TPSA) is 15.5 Å². The Kier molecular flexibility index (Phi) is 52.0. The summed E-state index contributed by atoms with van der Waals surface area (Å²) in [5.74, 6) is 0. The molecule has 0 aliphatic carbocycles. The highest BCUT2D eigenvalue weighted by Crippen LogP contribution is 2.28. The SMILES string of the molecule is BrCCCCCc1cc(CCCCCBr)c(CCCCCBr)cc1CCCCCBr.Cc1cc(C)c[n+](CCCCCc2cc(CCCCC[n+]3cc(C)cc(C)c3)c(CCCCC[n+]3cc(C)cc(C)c3)cc2CCCCC[n+]2cc(C)cc(C)c2)c1.[Br-].[Br-].[Br-].[Br-]. The van der Waals surface area contributed by atoms with E-state index in [9.17, 15) is 0 Å². The average molecular weight is 1780 g/mol. The molecule has 0 atom stereocenters. The average Bonchev–Trinajstić information content (AvgIpc) is 1.15. The summed E-state index contributed by atoms with van der Waals surface area (Å²) in [4.78, 5) is 0. The summed E-state index contributed by atoms with van der Waals surface area (Å²) >= 11 is 14.3. The summed E-state index contributed by atoms with van der Waals surface area (Å²) in [6, 6.07) is 19.7. The van der Waals surface area contributed by atoms with Gasteiger partial charge in [0.2, 0.25) is 0 Å². The predicted molar refractivity (Wildman–Crippen MR) is 393 cm³/mol. The highest BCUT2D eigenvalue weighted by Gasteiger charge is 2.15. The van der Waals surface area contributed by atoms with E-state index in [0.717, 1.165) is 47.5 Å². The number of aryl methyl sites for hydroxylation is 20. The van der Waals surface area contributed by atoms with Crippen LogP contribution in [0, 0.1) is 55.4 Å². The van der Waals surface area contributed by atoms with Crippen LogP contribution in [0.2, 0.25) is 0 Å². The molecule has 0 saturated carbocycles. The van der Waals surface area contributed by atoms with Crippen LogP contribution in [-0.2, 0) is 77.5 Å². The maximum atomic E-state index is 3.59. The van der Waals surface area contributed by atoms with Crippen LogP contribution in [-0.4, -0.2) is 21.3 Å². The third-order valence-corrected chi connectivity index (χ3v) is 19.8. The molecule has 2 aromatic carbocycles. The molecule has 0 bridgehead atoms. The fraction of sp³-hybridized carbons (Fsp3) is 0.600. The lowest BCUT2D eigenvalue weighted by Crippen LogP contribution is -3.00. The van der Waals surface area contributed by atoms with Crippen molar-refractivity contribution in [2.45, 2.75) is 287 Å². The number of hydrogen-bond acceptors (Lipinski definition) is 0. The Morgan fingerprint density at radius 3 is 0.478 bits per heavy atom. The normalized spacial score (nSPS) is 10.9. The molecule has 0 aliphatic heterocycles. The van der Waals surface area contributed by atoms with Gasteiger partial charge in [-0.05, 0) is 278 Å². The second kappa shape index (κ2) is 53.8. The Balaban J connectivity index is 0.00000106. The minimum Gasteiger partial charge on any atom is -1.00 e. The molecule has 4 heterocycles. The molecule has 6 rings (SSSR count). The molecule has 516 valence electrons. The minimum atomic E-state index is 0. The van der Waals surface area contributed by atoms with Crippen LogP contribution in [0.25, 0.3) is 0 Å². The number of rotatable bonds is 44. The van der Waals surface area contributed by atoms with E-state index < -0.39 is 0 Å². The number of nitrogens with zero attached hydrogens (tertiary/aromatic N) is 4. The second-order valence-corrected chi connectivity index (χ2v) is 29.7. The lowest BCUT2D eigenvalue weighted by atomic mass is 9.88. The summed E-state index contributed by atoms with van der Waals surface area (Å²) in [6.45, 7) is 22.1. The molecule has 4 nitrogen and oxygen atoms in total. The number of aromatic nitrogens is 4. The standard InChI is InChI=1S/C54H78N4.C26H42Br4.4BrH/c1-43-29-44(2)36-55(35-43)25-17-9-13-21-51-33-53(23-15-11-19-27-57-39-47(5)31-48(6)40-57)54(24-16-12-20-28-58-41-49(7)32-50(8)42-58)34-52(51)22-14-10-18-26-56-37-45(3)30-46(4)38-56;27-17-9-1-5-13-23-21-25(15-7-3-11-19-29)26(16-8-4-12-20-30)22-24(23)14-6-2-10-18-28;;;;/h29-42H,9-28H2,1-8H3;21-22H,1-20H2;4*1H/q+4;;;;;/p-4. The maximum Gasteiger partial charge on any atom is 0.171 e. The minimum absolute atomic E-state index is 0. The number of pyridine rings is 4. The van der Waals surface area contributed by atoms with E-state index >= 15 is 0 Å². The maximum absolute atomic E-state index is 3.59. The van der Waals surface area contributed by atoms with Crippen molar-refractivity contribution >= 4 is 63.7 Å². The highest BCUT2D eigenvalue weighted by atomic mass is 79.9. The number of unbranched alkanes of at least 4 members (excludes halogenated alkanes) is 16. The van der Waals surface area contributed by atoms with Gasteiger partial charge in [0.1, 0.15) is 26.2 Å². The first-order chi connectivity index (χ1) is 42.7. The van der Waals surface area contributed by atoms with E-state index in [1.165, 1.54) is 250 Å². The molecule has 4 aromatic heterocycles. The van der Waals surface area contributed by atoms with E-state index in [4.69, 9.17) is 0 Å². The summed E-state index contributed by atoms with van der Waals surface area (Å²) < 4.78 is 9.61. The van der Waals surface area contributed by atoms with Gasteiger partial charge in [-0.1, -0.05) is 114 Å². The molecule has 6 aromatic rings. The fourth-order valence-electron chi connectivity index (χ4n) is 13.4. The highest BCUT2D eigenvalue weighted by molar-refractivity contribution is 9.09. The van der Waals surface area contributed by atoms with Gasteiger partial charge in [0.25, 0.3) is 0 Å². The molecular formula is C80H120Br8N4. The molecule has 0 amide bonds. The van der Waals surface area contributed by atoms with Crippen LogP contribution in [0.3, 0.4) is 0 Å². The third kappa shape index (κ3) is 37.7. The third-order valence-electron chi connectivity index (χ3n) is 17.6. The largest absolute Gasteiger partial charge is 1.00 e. The van der Waals surface area contributed by atoms with Gasteiger partial charge in [0.15, 0.2) is 49.6 Å². The molecule has 0 N–H and O–H groups in total. The molecule has 0 aliphatic rings. The van der Waals surface area contributed by atoms with Gasteiger partial charge in [-0.15, -0.1) is 0 Å². The van der Waals surface area contributed by atoms with Crippen LogP contribution in [0.1, 0.15) is 243 Å². The first-order valence-electron chi connectivity index (χ1n) is 35.2. The van der Waals surface area contributed by atoms with E-state index in [2.05, 4.69) is 235 Å². The van der Waals surface area contributed by atoms with Crippen LogP contribution in [0.4, 0.5) is 0 Å². The van der Waals surface area contributed by atoms with Crippen molar-refractivity contribution in [1.82, 2.24) is 0 Å². The molecular weight excluding hydrogens is 1660 g/mol. The molecule has 0 saturated heterocycles. The van der Waals surface area contributed by atoms with Crippen LogP contribution in [0.15, 0.2) is 98.1 Å². The van der Waals surface area contributed by atoms with E-state index in [1.54, 1.807) is 44.5 Å². The van der Waals surface area contributed by atoms with Gasteiger partial charge in [-0.25, -0.2) is 18.3 Å². The zero-order valence-corrected chi connectivity index (χ0v) is 71.0. The lowest BCUT2D eigenvalue weighted by Gasteiger charge is -2.17. The first kappa shape index (κ1) is 88.9. The Morgan fingerprint density at radius 1 is 0.196 bits per heavy atom. The molecule has 0 unspecified atom stereocenters. The van der Waals surface area contributed by atoms with Crippen molar-refractivity contribution < 1.29 is 86.2 Å². The van der Waals surface area contributed by atoms with Crippen molar-refractivity contribution in [3.05, 3.63) is 187 Å². The number of alkyl halides is 4. The summed E-state index contributed by atoms with van der Waals surface area (Å²) in [6.07, 6.45) is 59.3. The molecule has 0 spiro atoms. The molecule has 12 heteroatoms. The smallest absolute Gasteiger partial charge is 0.171 e. The van der Waals surface area contributed by atoms with Crippen LogP contribution < -0.4 is 86.2 Å². The fourth-order valence-corrected chi connectivity index (χ4v) is 15.0. The number of hydrogen-bond donors (Lipinski definition) is 0. The number of benzene rings is 2. The zero-order chi connectivity index (χ0) is 63.1. The molecule has 0 fully saturated rings. The molecule has 0 radical (unpaired) electrons. The lowest BCUT2D eigenvalue weighted by molar-refractivity contribution is -0.698. The van der Waals surface area contributed by atoms with Crippen LogP contribution in [0.5, 0.6) is 0 Å². The quantitative estimate of drug-likeness (QED) is 0.0206. The van der Waals surface area contributed by atoms with E-state index in [0.29, 0.717) is 0 Å². The van der Waals surface area contributed by atoms with Gasteiger partial charge in [0, 0.05) is 91.5 Å². The summed E-state index contributed by atoms with van der Waals surface area (Å²) in [5, 5.41) is 4.55. The predicted octanol–water partition coefficient (Wildman–Crippen LogP) is 9.09. The number of halogens is 8. The Labute approximate surface area is 638 Å². The summed E-state index contributed by atoms with van der Waals surface area (Å²) in [7, 11) is 0. The zero-order valence-electron chi connectivity index (χ0n) is 58.3. The second-order valence-electron chi connectivity index (χ2n) is 26.5. The van der Waals surface area contributed by atoms with Crippen molar-refractivity contribution in [1.29, 1.82) is 0 Å². The monoisotopic (exact) mass is 1770 g/mol. The van der Waals surface area contributed by atoms with Gasteiger partial charge in [-0.2, -0.15) is 0 Å². The van der Waals surface area contributed by atoms with Crippen molar-refractivity contribution in [2.75, 3.05) is 21.3 Å².